The fourth-order valence-electron chi connectivity index (χ4n) is 0.898. The van der Waals surface area contributed by atoms with E-state index in [-0.39, 0.29) is 0 Å². The molecule has 0 saturated carbocycles. The van der Waals surface area contributed by atoms with Crippen molar-refractivity contribution in [2.45, 2.75) is 6.92 Å². The Morgan fingerprint density at radius 3 is 2.60 bits per heavy atom. The van der Waals surface area contributed by atoms with Gasteiger partial charge in [-0.3, -0.25) is 0 Å². The first-order chi connectivity index (χ1) is 4.79. The second-order valence-electron chi connectivity index (χ2n) is 2.27. The van der Waals surface area contributed by atoms with Gasteiger partial charge in [0.1, 0.15) is 0 Å². The third-order valence-corrected chi connectivity index (χ3v) is 1.65. The van der Waals surface area contributed by atoms with Gasteiger partial charge in [0.05, 0.1) is 0 Å². The van der Waals surface area contributed by atoms with Crippen molar-refractivity contribution in [3.05, 3.63) is 0 Å². The van der Waals surface area contributed by atoms with Crippen LogP contribution in [0.2, 0.25) is 0 Å². The van der Waals surface area contributed by atoms with Gasteiger partial charge in [-0.15, -0.1) is 0 Å². The van der Waals surface area contributed by atoms with Crippen molar-refractivity contribution in [1.29, 1.82) is 0 Å². The van der Waals surface area contributed by atoms with Crippen molar-refractivity contribution in [3.8, 4) is 0 Å². The predicted octanol–water partition coefficient (Wildman–Crippen LogP) is -0.480. The maximum atomic E-state index is 5.20. The molecule has 0 amide bonds. The summed E-state index contributed by atoms with van der Waals surface area (Å²) in [5.41, 5.74) is 3.29. The second-order valence-corrected chi connectivity index (χ2v) is 4.47. The average Bonchev–Trinajstić information content (AvgIpc) is 1.88. The fourth-order valence-corrected chi connectivity index (χ4v) is 1.36. The molecule has 0 radical (unpaired) electrons. The summed E-state index contributed by atoms with van der Waals surface area (Å²) in [6.45, 7) is 5.82. The summed E-state index contributed by atoms with van der Waals surface area (Å²) in [5, 5.41) is 2.20. The van der Waals surface area contributed by atoms with Crippen LogP contribution in [0.15, 0.2) is 0 Å². The van der Waals surface area contributed by atoms with Crippen LogP contribution in [0.25, 0.3) is 0 Å². The number of hydrazine groups is 1. The topological polar surface area (TPSA) is 24.5 Å². The number of ether oxygens (including phenoxy) is 1. The summed E-state index contributed by atoms with van der Waals surface area (Å²) in [7, 11) is 0. The van der Waals surface area contributed by atoms with Gasteiger partial charge in [0, 0.05) is 0 Å². The van der Waals surface area contributed by atoms with Crippen LogP contribution in [0.4, 0.5) is 0 Å². The zero-order valence-corrected chi connectivity index (χ0v) is 9.03. The molecule has 0 aromatic rings. The summed E-state index contributed by atoms with van der Waals surface area (Å²) in [5.74, 6) is 0. The molecular formula is C6H12N2OW. The summed E-state index contributed by atoms with van der Waals surface area (Å²) in [6.07, 6.45) is 0. The van der Waals surface area contributed by atoms with Gasteiger partial charge in [-0.25, -0.2) is 0 Å². The van der Waals surface area contributed by atoms with Gasteiger partial charge in [0.15, 0.2) is 0 Å². The number of nitrogens with zero attached hydrogens (tertiary/aromatic N) is 1. The SMILES string of the molecule is C[C](=[W])NN1CCOCC1. The number of hydrogen-bond donors (Lipinski definition) is 1. The van der Waals surface area contributed by atoms with Crippen molar-refractivity contribution >= 4 is 4.02 Å². The van der Waals surface area contributed by atoms with Gasteiger partial charge in [-0.05, 0) is 0 Å². The van der Waals surface area contributed by atoms with Crippen LogP contribution in [0, 0.1) is 0 Å². The number of hydrogen-bond acceptors (Lipinski definition) is 3. The van der Waals surface area contributed by atoms with Gasteiger partial charge in [0.25, 0.3) is 0 Å². The molecule has 1 aliphatic rings. The summed E-state index contributed by atoms with van der Waals surface area (Å²) in [6, 6.07) is 0. The minimum absolute atomic E-state index is 0.857. The Morgan fingerprint density at radius 1 is 1.50 bits per heavy atom. The van der Waals surface area contributed by atoms with Gasteiger partial charge >= 0.3 is 71.8 Å². The molecule has 0 atom stereocenters. The van der Waals surface area contributed by atoms with E-state index in [0.29, 0.717) is 0 Å². The van der Waals surface area contributed by atoms with E-state index in [2.05, 4.69) is 17.4 Å². The number of morpholine rings is 1. The van der Waals surface area contributed by atoms with E-state index in [0.717, 1.165) is 26.3 Å². The normalized spacial score (nSPS) is 20.9. The average molecular weight is 312 g/mol. The van der Waals surface area contributed by atoms with Crippen molar-refractivity contribution in [3.63, 3.8) is 0 Å². The van der Waals surface area contributed by atoms with Crippen molar-refractivity contribution in [2.75, 3.05) is 26.3 Å². The van der Waals surface area contributed by atoms with Gasteiger partial charge in [-0.2, -0.15) is 0 Å². The summed E-state index contributed by atoms with van der Waals surface area (Å²) >= 11 is 1.50. The third-order valence-electron chi connectivity index (χ3n) is 1.33. The predicted molar refractivity (Wildman–Crippen MR) is 36.2 cm³/mol. The summed E-state index contributed by atoms with van der Waals surface area (Å²) < 4.78 is 6.52. The molecule has 0 aromatic heterocycles. The van der Waals surface area contributed by atoms with E-state index < -0.39 is 0 Å². The standard InChI is InChI=1S/C6H12N2O.W/c1-2-7-8-3-5-9-6-4-8;/h7H,3-6H2,1H3;. The molecule has 1 rings (SSSR count). The molecule has 4 heteroatoms. The molecule has 0 spiro atoms. The van der Waals surface area contributed by atoms with E-state index in [1.807, 2.05) is 0 Å². The van der Waals surface area contributed by atoms with Gasteiger partial charge < -0.3 is 0 Å². The molecule has 3 nitrogen and oxygen atoms in total. The monoisotopic (exact) mass is 312 g/mol. The zero-order chi connectivity index (χ0) is 7.40. The minimum atomic E-state index is 0.857. The molecule has 1 fully saturated rings. The first-order valence-electron chi connectivity index (χ1n) is 3.39. The Hall–Kier alpha value is 0.438. The first kappa shape index (κ1) is 8.53. The second kappa shape index (κ2) is 4.34. The molecule has 10 heavy (non-hydrogen) atoms. The maximum absolute atomic E-state index is 5.20. The summed E-state index contributed by atoms with van der Waals surface area (Å²) in [4.78, 5) is 0. The van der Waals surface area contributed by atoms with Gasteiger partial charge in [-0.1, -0.05) is 0 Å². The quantitative estimate of drug-likeness (QED) is 0.745. The van der Waals surface area contributed by atoms with Crippen molar-refractivity contribution < 1.29 is 24.1 Å². The van der Waals surface area contributed by atoms with E-state index in [1.54, 1.807) is 0 Å². The molecule has 1 N–H and O–H groups in total. The van der Waals surface area contributed by atoms with Crippen molar-refractivity contribution in [2.24, 2.45) is 0 Å². The van der Waals surface area contributed by atoms with Crippen LogP contribution in [-0.2, 0) is 24.1 Å². The van der Waals surface area contributed by atoms with E-state index in [4.69, 9.17) is 4.74 Å². The Labute approximate surface area is 72.1 Å². The molecule has 58 valence electrons. The van der Waals surface area contributed by atoms with Crippen molar-refractivity contribution in [1.82, 2.24) is 10.4 Å². The molecule has 0 unspecified atom stereocenters. The first-order valence-corrected chi connectivity index (χ1v) is 4.85. The van der Waals surface area contributed by atoms with E-state index >= 15 is 0 Å². The number of rotatable bonds is 2. The Kier molecular flexibility index (Phi) is 3.71. The molecule has 1 heterocycles. The Balaban J connectivity index is 2.19. The molecule has 1 aliphatic heterocycles. The van der Waals surface area contributed by atoms with Crippen LogP contribution in [0.1, 0.15) is 6.92 Å². The molecular weight excluding hydrogens is 300 g/mol. The zero-order valence-electron chi connectivity index (χ0n) is 6.09. The van der Waals surface area contributed by atoms with Crippen LogP contribution < -0.4 is 5.43 Å². The third kappa shape index (κ3) is 3.02. The number of nitrogens with one attached hydrogen (secondary N) is 1. The molecule has 0 aliphatic carbocycles. The van der Waals surface area contributed by atoms with Gasteiger partial charge in [0.2, 0.25) is 0 Å². The van der Waals surface area contributed by atoms with Crippen LogP contribution in [-0.4, -0.2) is 35.3 Å². The fraction of sp³-hybridized carbons (Fsp3) is 0.833. The van der Waals surface area contributed by atoms with E-state index in [9.17, 15) is 0 Å². The molecule has 1 saturated heterocycles. The Bertz CT molecular complexity index is 123. The van der Waals surface area contributed by atoms with Crippen LogP contribution in [0.3, 0.4) is 0 Å². The van der Waals surface area contributed by atoms with E-state index in [1.165, 1.54) is 23.4 Å². The molecule has 0 aromatic carbocycles. The van der Waals surface area contributed by atoms with Crippen LogP contribution in [0.5, 0.6) is 0 Å². The Morgan fingerprint density at radius 2 is 2.10 bits per heavy atom. The molecule has 0 bridgehead atoms. The van der Waals surface area contributed by atoms with Crippen LogP contribution >= 0.6 is 0 Å².